The first-order valence-corrected chi connectivity index (χ1v) is 16.2. The van der Waals surface area contributed by atoms with Crippen molar-refractivity contribution in [2.75, 3.05) is 65.6 Å². The SMILES string of the molecule is CC(C)(C)[C@H](NC(=O)[C@H](CC1CCCC1)CN(O)C=O)C(=O)N1CCN(CCc2ccc(C(=O)N3CCOCC3)cc2)CC1. The van der Waals surface area contributed by atoms with Gasteiger partial charge in [-0.3, -0.25) is 29.3 Å². The minimum Gasteiger partial charge on any atom is -0.378 e. The maximum Gasteiger partial charge on any atom is 0.254 e. The minimum atomic E-state index is -0.713. The summed E-state index contributed by atoms with van der Waals surface area (Å²) in [6.07, 6.45) is 6.12. The van der Waals surface area contributed by atoms with Crippen molar-refractivity contribution < 1.29 is 29.1 Å². The summed E-state index contributed by atoms with van der Waals surface area (Å²) in [7, 11) is 0. The molecule has 2 saturated heterocycles. The van der Waals surface area contributed by atoms with Gasteiger partial charge in [0.05, 0.1) is 25.7 Å². The van der Waals surface area contributed by atoms with E-state index in [0.717, 1.165) is 51.7 Å². The van der Waals surface area contributed by atoms with Gasteiger partial charge in [-0.15, -0.1) is 0 Å². The van der Waals surface area contributed by atoms with Gasteiger partial charge >= 0.3 is 0 Å². The zero-order valence-corrected chi connectivity index (χ0v) is 26.7. The van der Waals surface area contributed by atoms with Crippen LogP contribution in [-0.4, -0.2) is 121 Å². The number of nitrogens with one attached hydrogen (secondary N) is 1. The zero-order valence-electron chi connectivity index (χ0n) is 26.7. The molecule has 3 fully saturated rings. The number of hydrogen-bond acceptors (Lipinski definition) is 7. The molecule has 0 radical (unpaired) electrons. The molecule has 4 amide bonds. The van der Waals surface area contributed by atoms with Crippen LogP contribution in [0.3, 0.4) is 0 Å². The molecular formula is C33H51N5O6. The summed E-state index contributed by atoms with van der Waals surface area (Å²) in [6, 6.07) is 7.14. The molecule has 11 heteroatoms. The molecule has 1 aromatic carbocycles. The van der Waals surface area contributed by atoms with Gasteiger partial charge in [0.2, 0.25) is 18.2 Å². The monoisotopic (exact) mass is 613 g/mol. The first-order valence-electron chi connectivity index (χ1n) is 16.2. The first kappa shape index (κ1) is 33.9. The lowest BCUT2D eigenvalue weighted by atomic mass is 9.84. The highest BCUT2D eigenvalue weighted by Gasteiger charge is 2.38. The predicted molar refractivity (Wildman–Crippen MR) is 166 cm³/mol. The quantitative estimate of drug-likeness (QED) is 0.211. The van der Waals surface area contributed by atoms with Crippen molar-refractivity contribution in [2.24, 2.45) is 17.3 Å². The summed E-state index contributed by atoms with van der Waals surface area (Å²) in [5.41, 5.74) is 1.35. The highest BCUT2D eigenvalue weighted by molar-refractivity contribution is 5.94. The molecule has 3 aliphatic rings. The second-order valence-electron chi connectivity index (χ2n) is 13.6. The molecule has 1 aliphatic carbocycles. The molecule has 0 aromatic heterocycles. The third-order valence-corrected chi connectivity index (χ3v) is 9.29. The van der Waals surface area contributed by atoms with Gasteiger partial charge in [0.1, 0.15) is 6.04 Å². The van der Waals surface area contributed by atoms with Crippen molar-refractivity contribution in [3.05, 3.63) is 35.4 Å². The van der Waals surface area contributed by atoms with Crippen LogP contribution in [0.5, 0.6) is 0 Å². The number of amides is 4. The van der Waals surface area contributed by atoms with E-state index in [1.54, 1.807) is 0 Å². The maximum absolute atomic E-state index is 13.8. The number of piperazine rings is 1. The van der Waals surface area contributed by atoms with Gasteiger partial charge in [-0.05, 0) is 41.9 Å². The number of morpholine rings is 1. The van der Waals surface area contributed by atoms with E-state index in [0.29, 0.717) is 68.8 Å². The van der Waals surface area contributed by atoms with E-state index < -0.39 is 17.4 Å². The normalized spacial score (nSPS) is 19.8. The maximum atomic E-state index is 13.8. The molecule has 2 heterocycles. The summed E-state index contributed by atoms with van der Waals surface area (Å²) in [6.45, 7) is 11.7. The molecule has 4 rings (SSSR count). The Morgan fingerprint density at radius 1 is 1.00 bits per heavy atom. The number of nitrogens with zero attached hydrogens (tertiary/aromatic N) is 4. The fourth-order valence-electron chi connectivity index (χ4n) is 6.52. The number of hydrogen-bond donors (Lipinski definition) is 2. The highest BCUT2D eigenvalue weighted by Crippen LogP contribution is 2.31. The van der Waals surface area contributed by atoms with Gasteiger partial charge in [0, 0.05) is 51.4 Å². The van der Waals surface area contributed by atoms with E-state index >= 15 is 0 Å². The Hall–Kier alpha value is -3.02. The topological polar surface area (TPSA) is 123 Å². The van der Waals surface area contributed by atoms with Crippen LogP contribution in [0.25, 0.3) is 0 Å². The van der Waals surface area contributed by atoms with Gasteiger partial charge < -0.3 is 19.9 Å². The summed E-state index contributed by atoms with van der Waals surface area (Å²) in [4.78, 5) is 57.1. The molecule has 2 aliphatic heterocycles. The van der Waals surface area contributed by atoms with E-state index in [1.807, 2.05) is 54.8 Å². The molecule has 0 bridgehead atoms. The number of rotatable bonds is 12. The van der Waals surface area contributed by atoms with Crippen molar-refractivity contribution in [3.8, 4) is 0 Å². The van der Waals surface area contributed by atoms with Gasteiger partial charge in [0.15, 0.2) is 0 Å². The molecule has 11 nitrogen and oxygen atoms in total. The second kappa shape index (κ2) is 15.8. The van der Waals surface area contributed by atoms with Gasteiger partial charge in [0.25, 0.3) is 5.91 Å². The Morgan fingerprint density at radius 2 is 1.64 bits per heavy atom. The average Bonchev–Trinajstić information content (AvgIpc) is 3.55. The van der Waals surface area contributed by atoms with Crippen molar-refractivity contribution in [2.45, 2.75) is 65.3 Å². The summed E-state index contributed by atoms with van der Waals surface area (Å²) in [5, 5.41) is 13.4. The number of ether oxygens (including phenoxy) is 1. The number of hydroxylamine groups is 2. The Morgan fingerprint density at radius 3 is 2.23 bits per heavy atom. The minimum absolute atomic E-state index is 0.0473. The predicted octanol–water partition coefficient (Wildman–Crippen LogP) is 2.42. The Bertz CT molecular complexity index is 1100. The van der Waals surface area contributed by atoms with Crippen LogP contribution in [-0.2, 0) is 25.5 Å². The Labute approximate surface area is 261 Å². The third-order valence-electron chi connectivity index (χ3n) is 9.29. The largest absolute Gasteiger partial charge is 0.378 e. The van der Waals surface area contributed by atoms with Crippen molar-refractivity contribution in [3.63, 3.8) is 0 Å². The molecule has 0 spiro atoms. The number of benzene rings is 1. The van der Waals surface area contributed by atoms with Crippen LogP contribution < -0.4 is 5.32 Å². The van der Waals surface area contributed by atoms with Gasteiger partial charge in [-0.25, -0.2) is 5.06 Å². The molecule has 1 saturated carbocycles. The molecule has 44 heavy (non-hydrogen) atoms. The van der Waals surface area contributed by atoms with Gasteiger partial charge in [-0.1, -0.05) is 58.6 Å². The summed E-state index contributed by atoms with van der Waals surface area (Å²) in [5.74, 6) is -0.525. The van der Waals surface area contributed by atoms with Crippen LogP contribution >= 0.6 is 0 Å². The summed E-state index contributed by atoms with van der Waals surface area (Å²) >= 11 is 0. The molecule has 0 unspecified atom stereocenters. The zero-order chi connectivity index (χ0) is 31.7. The Kier molecular flexibility index (Phi) is 12.2. The van der Waals surface area contributed by atoms with E-state index in [4.69, 9.17) is 4.74 Å². The van der Waals surface area contributed by atoms with E-state index in [9.17, 15) is 24.4 Å². The molecule has 1 aromatic rings. The average molecular weight is 614 g/mol. The van der Waals surface area contributed by atoms with Crippen LogP contribution in [0.4, 0.5) is 0 Å². The van der Waals surface area contributed by atoms with Crippen molar-refractivity contribution in [1.82, 2.24) is 25.1 Å². The lowest BCUT2D eigenvalue weighted by Gasteiger charge is -2.40. The van der Waals surface area contributed by atoms with Crippen molar-refractivity contribution in [1.29, 1.82) is 0 Å². The molecule has 2 atom stereocenters. The van der Waals surface area contributed by atoms with Crippen LogP contribution in [0, 0.1) is 17.3 Å². The van der Waals surface area contributed by atoms with Crippen LogP contribution in [0.1, 0.15) is 68.8 Å². The molecular weight excluding hydrogens is 562 g/mol. The van der Waals surface area contributed by atoms with Crippen molar-refractivity contribution >= 4 is 24.1 Å². The third kappa shape index (κ3) is 9.49. The first-order chi connectivity index (χ1) is 21.0. The highest BCUT2D eigenvalue weighted by atomic mass is 16.5. The smallest absolute Gasteiger partial charge is 0.254 e. The second-order valence-corrected chi connectivity index (χ2v) is 13.6. The summed E-state index contributed by atoms with van der Waals surface area (Å²) < 4.78 is 5.34. The standard InChI is InChI=1S/C33H51N5O6/c1-33(2,3)29(34-30(40)28(23-38(43)24-39)22-26-6-4-5-7-26)32(42)36-16-14-35(15-17-36)13-12-25-8-10-27(11-9-25)31(41)37-18-20-44-21-19-37/h8-11,24,26,28-29,43H,4-7,12-23H2,1-3H3,(H,34,40)/t28-,29-/m1/s1. The van der Waals surface area contributed by atoms with Gasteiger partial charge in [-0.2, -0.15) is 0 Å². The lowest BCUT2D eigenvalue weighted by Crippen LogP contribution is -2.59. The van der Waals surface area contributed by atoms with Crippen LogP contribution in [0.2, 0.25) is 0 Å². The van der Waals surface area contributed by atoms with E-state index in [2.05, 4.69) is 10.2 Å². The molecule has 2 N–H and O–H groups in total. The molecule has 244 valence electrons. The van der Waals surface area contributed by atoms with E-state index in [-0.39, 0.29) is 24.3 Å². The van der Waals surface area contributed by atoms with E-state index in [1.165, 1.54) is 5.56 Å². The lowest BCUT2D eigenvalue weighted by molar-refractivity contribution is -0.156. The fraction of sp³-hybridized carbons (Fsp3) is 0.697. The van der Waals surface area contributed by atoms with Crippen LogP contribution in [0.15, 0.2) is 24.3 Å². The number of carbonyl (C=O) groups excluding carboxylic acids is 4. The number of carbonyl (C=O) groups is 4. The Balaban J connectivity index is 1.27. The fourth-order valence-corrected chi connectivity index (χ4v) is 6.52.